The molecule has 140 valence electrons. The Morgan fingerprint density at radius 1 is 1.19 bits per heavy atom. The van der Waals surface area contributed by atoms with Crippen molar-refractivity contribution in [1.29, 1.82) is 0 Å². The van der Waals surface area contributed by atoms with Crippen LogP contribution in [0.3, 0.4) is 0 Å². The molecule has 7 heteroatoms. The zero-order chi connectivity index (χ0) is 17.8. The van der Waals surface area contributed by atoms with Crippen LogP contribution in [-0.4, -0.2) is 25.6 Å². The van der Waals surface area contributed by atoms with E-state index in [1.165, 1.54) is 17.7 Å². The van der Waals surface area contributed by atoms with Crippen molar-refractivity contribution < 1.29 is 8.78 Å². The van der Waals surface area contributed by atoms with Gasteiger partial charge in [0.05, 0.1) is 0 Å². The molecule has 1 fully saturated rings. The monoisotopic (exact) mass is 472 g/mol. The number of benzene rings is 2. The highest BCUT2D eigenvalue weighted by molar-refractivity contribution is 14.0. The third-order valence-electron chi connectivity index (χ3n) is 4.40. The number of anilines is 2. The fourth-order valence-electron chi connectivity index (χ4n) is 2.95. The van der Waals surface area contributed by atoms with Crippen LogP contribution in [0.15, 0.2) is 47.5 Å². The summed E-state index contributed by atoms with van der Waals surface area (Å²) in [5, 5.41) is 3.07. The van der Waals surface area contributed by atoms with E-state index in [9.17, 15) is 8.78 Å². The van der Waals surface area contributed by atoms with E-state index in [4.69, 9.17) is 5.73 Å². The van der Waals surface area contributed by atoms with Gasteiger partial charge in [0.2, 0.25) is 0 Å². The Hall–Kier alpha value is -1.90. The fraction of sp³-hybridized carbons (Fsp3) is 0.316. The number of guanidine groups is 1. The Bertz CT molecular complexity index is 765. The zero-order valence-corrected chi connectivity index (χ0v) is 16.9. The van der Waals surface area contributed by atoms with Crippen LogP contribution in [0, 0.1) is 24.5 Å². The molecule has 26 heavy (non-hydrogen) atoms. The van der Waals surface area contributed by atoms with Crippen molar-refractivity contribution >= 4 is 41.3 Å². The molecule has 0 bridgehead atoms. The number of halogens is 3. The lowest BCUT2D eigenvalue weighted by Crippen LogP contribution is -2.25. The van der Waals surface area contributed by atoms with Crippen molar-refractivity contribution in [3.8, 4) is 0 Å². The summed E-state index contributed by atoms with van der Waals surface area (Å²) in [5.41, 5.74) is 8.73. The lowest BCUT2D eigenvalue weighted by Gasteiger charge is -2.18. The van der Waals surface area contributed by atoms with Gasteiger partial charge in [0.25, 0.3) is 0 Å². The predicted molar refractivity (Wildman–Crippen MR) is 113 cm³/mol. The fourth-order valence-corrected chi connectivity index (χ4v) is 2.95. The third-order valence-corrected chi connectivity index (χ3v) is 4.40. The van der Waals surface area contributed by atoms with E-state index in [0.29, 0.717) is 24.1 Å². The van der Waals surface area contributed by atoms with Gasteiger partial charge in [-0.2, -0.15) is 0 Å². The van der Waals surface area contributed by atoms with Crippen molar-refractivity contribution in [2.45, 2.75) is 13.3 Å². The molecule has 2 aromatic rings. The molecule has 0 amide bonds. The number of rotatable bonds is 4. The van der Waals surface area contributed by atoms with Gasteiger partial charge >= 0.3 is 0 Å². The van der Waals surface area contributed by atoms with Crippen molar-refractivity contribution in [3.05, 3.63) is 59.7 Å². The summed E-state index contributed by atoms with van der Waals surface area (Å²) in [6.07, 6.45) is 0.945. The van der Waals surface area contributed by atoms with Gasteiger partial charge < -0.3 is 16.0 Å². The lowest BCUT2D eigenvalue weighted by molar-refractivity contribution is 0.508. The van der Waals surface area contributed by atoms with Gasteiger partial charge in [-0.25, -0.2) is 8.78 Å². The van der Waals surface area contributed by atoms with Crippen LogP contribution in [0.4, 0.5) is 20.2 Å². The van der Waals surface area contributed by atoms with E-state index in [2.05, 4.69) is 10.3 Å². The van der Waals surface area contributed by atoms with Gasteiger partial charge in [-0.3, -0.25) is 4.99 Å². The minimum absolute atomic E-state index is 0. The number of hydrogen-bond donors (Lipinski definition) is 2. The molecule has 0 aromatic heterocycles. The molecule has 0 saturated carbocycles. The standard InChI is InChI=1S/C19H22F2N4.HI/c1-13-2-4-15(5-3-13)24-19(22)23-11-14-8-9-25(12-14)16-6-7-17(20)18(21)10-16;/h2-7,10,14H,8-9,11-12H2,1H3,(H3,22,23,24);1H. The van der Waals surface area contributed by atoms with Crippen molar-refractivity contribution in [2.24, 2.45) is 16.6 Å². The maximum atomic E-state index is 13.4. The van der Waals surface area contributed by atoms with Crippen LogP contribution in [0.5, 0.6) is 0 Å². The molecule has 0 radical (unpaired) electrons. The van der Waals surface area contributed by atoms with Gasteiger partial charge in [-0.1, -0.05) is 17.7 Å². The molecule has 0 aliphatic carbocycles. The smallest absolute Gasteiger partial charge is 0.193 e. The molecule has 3 N–H and O–H groups in total. The second-order valence-electron chi connectivity index (χ2n) is 6.42. The number of nitrogens with zero attached hydrogens (tertiary/aromatic N) is 2. The quantitative estimate of drug-likeness (QED) is 0.400. The van der Waals surface area contributed by atoms with E-state index in [-0.39, 0.29) is 24.0 Å². The molecular formula is C19H23F2IN4. The minimum atomic E-state index is -0.820. The molecule has 3 rings (SSSR count). The van der Waals surface area contributed by atoms with Crippen LogP contribution < -0.4 is 16.0 Å². The molecule has 2 aromatic carbocycles. The van der Waals surface area contributed by atoms with Gasteiger partial charge in [-0.05, 0) is 43.5 Å². The molecule has 1 unspecified atom stereocenters. The minimum Gasteiger partial charge on any atom is -0.371 e. The molecule has 4 nitrogen and oxygen atoms in total. The van der Waals surface area contributed by atoms with Gasteiger partial charge in [-0.15, -0.1) is 24.0 Å². The number of nitrogens with one attached hydrogen (secondary N) is 1. The SMILES string of the molecule is Cc1ccc(NC(N)=NCC2CCN(c3ccc(F)c(F)c3)C2)cc1.I. The molecule has 0 spiro atoms. The maximum absolute atomic E-state index is 13.4. The van der Waals surface area contributed by atoms with Crippen LogP contribution in [0.1, 0.15) is 12.0 Å². The molecule has 1 aliphatic rings. The Kier molecular flexibility index (Phi) is 7.19. The summed E-state index contributed by atoms with van der Waals surface area (Å²) < 4.78 is 26.4. The molecule has 1 heterocycles. The normalized spacial score (nSPS) is 17.1. The van der Waals surface area contributed by atoms with Crippen molar-refractivity contribution in [2.75, 3.05) is 29.9 Å². The molecule has 1 aliphatic heterocycles. The first-order chi connectivity index (χ1) is 12.0. The summed E-state index contributed by atoms with van der Waals surface area (Å²) in [6.45, 7) is 4.19. The lowest BCUT2D eigenvalue weighted by atomic mass is 10.1. The highest BCUT2D eigenvalue weighted by Gasteiger charge is 2.23. The number of aliphatic imine (C=N–C) groups is 1. The van der Waals surface area contributed by atoms with Crippen LogP contribution >= 0.6 is 24.0 Å². The third kappa shape index (κ3) is 5.30. The zero-order valence-electron chi connectivity index (χ0n) is 14.6. The number of hydrogen-bond acceptors (Lipinski definition) is 2. The molecule has 1 atom stereocenters. The number of aryl methyl sites for hydroxylation is 1. The van der Waals surface area contributed by atoms with Gasteiger partial charge in [0.1, 0.15) is 0 Å². The topological polar surface area (TPSA) is 53.6 Å². The highest BCUT2D eigenvalue weighted by atomic mass is 127. The van der Waals surface area contributed by atoms with Crippen LogP contribution in [0.2, 0.25) is 0 Å². The first-order valence-corrected chi connectivity index (χ1v) is 8.35. The number of nitrogens with two attached hydrogens (primary N) is 1. The first kappa shape index (κ1) is 20.4. The summed E-state index contributed by atoms with van der Waals surface area (Å²) in [4.78, 5) is 6.45. The highest BCUT2D eigenvalue weighted by Crippen LogP contribution is 2.25. The van der Waals surface area contributed by atoms with Crippen molar-refractivity contribution in [3.63, 3.8) is 0 Å². The van der Waals surface area contributed by atoms with Crippen LogP contribution in [-0.2, 0) is 0 Å². The van der Waals surface area contributed by atoms with E-state index >= 15 is 0 Å². The van der Waals surface area contributed by atoms with E-state index in [1.54, 1.807) is 6.07 Å². The Labute approximate surface area is 169 Å². The Balaban J connectivity index is 0.00000243. The summed E-state index contributed by atoms with van der Waals surface area (Å²) >= 11 is 0. The Morgan fingerprint density at radius 3 is 2.62 bits per heavy atom. The van der Waals surface area contributed by atoms with E-state index in [0.717, 1.165) is 25.2 Å². The summed E-state index contributed by atoms with van der Waals surface area (Å²) in [6, 6.07) is 11.9. The maximum Gasteiger partial charge on any atom is 0.193 e. The average Bonchev–Trinajstić information content (AvgIpc) is 3.07. The average molecular weight is 472 g/mol. The van der Waals surface area contributed by atoms with Gasteiger partial charge in [0.15, 0.2) is 17.6 Å². The van der Waals surface area contributed by atoms with E-state index < -0.39 is 11.6 Å². The first-order valence-electron chi connectivity index (χ1n) is 8.35. The van der Waals surface area contributed by atoms with Gasteiger partial charge in [0, 0.05) is 37.1 Å². The molecular weight excluding hydrogens is 449 g/mol. The predicted octanol–water partition coefficient (Wildman–Crippen LogP) is 4.14. The second-order valence-corrected chi connectivity index (χ2v) is 6.42. The largest absolute Gasteiger partial charge is 0.371 e. The summed E-state index contributed by atoms with van der Waals surface area (Å²) in [5.74, 6) is -0.911. The van der Waals surface area contributed by atoms with E-state index in [1.807, 2.05) is 36.1 Å². The second kappa shape index (κ2) is 9.16. The van der Waals surface area contributed by atoms with Crippen molar-refractivity contribution in [1.82, 2.24) is 0 Å². The summed E-state index contributed by atoms with van der Waals surface area (Å²) in [7, 11) is 0. The van der Waals surface area contributed by atoms with Crippen LogP contribution in [0.25, 0.3) is 0 Å². The molecule has 1 saturated heterocycles. The Morgan fingerprint density at radius 2 is 1.92 bits per heavy atom.